The van der Waals surface area contributed by atoms with Crippen LogP contribution in [0, 0.1) is 17.8 Å². The zero-order chi connectivity index (χ0) is 13.6. The van der Waals surface area contributed by atoms with Crippen molar-refractivity contribution in [2.24, 2.45) is 17.8 Å². The van der Waals surface area contributed by atoms with Gasteiger partial charge in [-0.25, -0.2) is 0 Å². The van der Waals surface area contributed by atoms with E-state index in [-0.39, 0.29) is 29.9 Å². The van der Waals surface area contributed by atoms with Crippen molar-refractivity contribution in [3.05, 3.63) is 0 Å². The Labute approximate surface area is 113 Å². The normalized spacial score (nSPS) is 41.6. The number of ether oxygens (including phenoxy) is 2. The molecule has 4 bridgehead atoms. The third-order valence-electron chi connectivity index (χ3n) is 5.04. The summed E-state index contributed by atoms with van der Waals surface area (Å²) in [6.07, 6.45) is 4.90. The minimum Gasteiger partial charge on any atom is -0.462 e. The highest BCUT2D eigenvalue weighted by molar-refractivity contribution is 5.75. The summed E-state index contributed by atoms with van der Waals surface area (Å²) >= 11 is 0. The van der Waals surface area contributed by atoms with E-state index in [0.717, 1.165) is 25.7 Å². The lowest BCUT2D eigenvalue weighted by Crippen LogP contribution is -2.48. The lowest BCUT2D eigenvalue weighted by atomic mass is 9.65. The minimum absolute atomic E-state index is 0.0384. The second-order valence-electron chi connectivity index (χ2n) is 6.62. The molecular weight excluding hydrogens is 244 g/mol. The molecule has 2 saturated carbocycles. The van der Waals surface area contributed by atoms with E-state index in [4.69, 9.17) is 9.47 Å². The molecule has 0 radical (unpaired) electrons. The Morgan fingerprint density at radius 3 is 2.95 bits per heavy atom. The Balaban J connectivity index is 1.80. The third kappa shape index (κ3) is 2.26. The van der Waals surface area contributed by atoms with Crippen LogP contribution in [-0.4, -0.2) is 23.6 Å². The topological polar surface area (TPSA) is 52.6 Å². The summed E-state index contributed by atoms with van der Waals surface area (Å²) in [6.45, 7) is 3.89. The first kappa shape index (κ1) is 12.9. The van der Waals surface area contributed by atoms with E-state index in [1.54, 1.807) is 0 Å². The molecule has 0 N–H and O–H groups in total. The molecule has 5 unspecified atom stereocenters. The maximum absolute atomic E-state index is 12.1. The first-order chi connectivity index (χ1) is 9.01. The highest BCUT2D eigenvalue weighted by Crippen LogP contribution is 2.51. The number of carbonyl (C=O) groups is 2. The van der Waals surface area contributed by atoms with Gasteiger partial charge in [-0.3, -0.25) is 9.59 Å². The van der Waals surface area contributed by atoms with Crippen LogP contribution in [0.15, 0.2) is 0 Å². The molecule has 0 aromatic heterocycles. The Morgan fingerprint density at radius 1 is 1.42 bits per heavy atom. The van der Waals surface area contributed by atoms with E-state index < -0.39 is 5.60 Å². The number of hydrogen-bond donors (Lipinski definition) is 0. The number of fused-ring (bicyclic) bond motifs is 1. The lowest BCUT2D eigenvalue weighted by Gasteiger charge is -2.45. The molecule has 0 aromatic rings. The van der Waals surface area contributed by atoms with Gasteiger partial charge in [-0.2, -0.15) is 0 Å². The Kier molecular flexibility index (Phi) is 3.06. The minimum atomic E-state index is -0.427. The van der Waals surface area contributed by atoms with Crippen LogP contribution >= 0.6 is 0 Å². The molecule has 4 aliphatic rings. The van der Waals surface area contributed by atoms with E-state index in [2.05, 4.69) is 0 Å². The number of rotatable bonds is 3. The van der Waals surface area contributed by atoms with Gasteiger partial charge in [-0.1, -0.05) is 13.8 Å². The second-order valence-corrected chi connectivity index (χ2v) is 6.62. The van der Waals surface area contributed by atoms with Crippen LogP contribution in [0.1, 0.15) is 52.4 Å². The molecule has 19 heavy (non-hydrogen) atoms. The maximum Gasteiger partial charge on any atom is 0.309 e. The highest BCUT2D eigenvalue weighted by Gasteiger charge is 2.54. The molecule has 4 heteroatoms. The van der Waals surface area contributed by atoms with Gasteiger partial charge in [0.2, 0.25) is 0 Å². The van der Waals surface area contributed by atoms with Gasteiger partial charge in [0.25, 0.3) is 0 Å². The SMILES string of the molecule is CCC(C)C(=O)OC12CC3CC(C1)OC(=O)C(C3)C2. The van der Waals surface area contributed by atoms with Crippen LogP contribution < -0.4 is 0 Å². The van der Waals surface area contributed by atoms with Crippen molar-refractivity contribution in [3.8, 4) is 0 Å². The van der Waals surface area contributed by atoms with Crippen molar-refractivity contribution < 1.29 is 19.1 Å². The number of carbonyl (C=O) groups excluding carboxylic acids is 2. The van der Waals surface area contributed by atoms with Crippen LogP contribution in [-0.2, 0) is 19.1 Å². The van der Waals surface area contributed by atoms with Crippen molar-refractivity contribution in [1.82, 2.24) is 0 Å². The van der Waals surface area contributed by atoms with Crippen LogP contribution in [0.25, 0.3) is 0 Å². The summed E-state index contributed by atoms with van der Waals surface area (Å²) in [7, 11) is 0. The average Bonchev–Trinajstić information content (AvgIpc) is 2.50. The molecule has 4 rings (SSSR count). The van der Waals surface area contributed by atoms with Gasteiger partial charge >= 0.3 is 11.9 Å². The summed E-state index contributed by atoms with van der Waals surface area (Å²) in [5.41, 5.74) is -0.427. The first-order valence-electron chi connectivity index (χ1n) is 7.44. The molecule has 0 amide bonds. The Hall–Kier alpha value is -1.06. The maximum atomic E-state index is 12.1. The summed E-state index contributed by atoms with van der Waals surface area (Å²) < 4.78 is 11.4. The molecule has 2 heterocycles. The van der Waals surface area contributed by atoms with E-state index in [0.29, 0.717) is 18.8 Å². The van der Waals surface area contributed by atoms with Crippen molar-refractivity contribution in [2.45, 2.75) is 64.1 Å². The van der Waals surface area contributed by atoms with E-state index in [1.807, 2.05) is 13.8 Å². The average molecular weight is 266 g/mol. The molecule has 4 nitrogen and oxygen atoms in total. The van der Waals surface area contributed by atoms with Crippen LogP contribution in [0.4, 0.5) is 0 Å². The van der Waals surface area contributed by atoms with Gasteiger partial charge in [-0.15, -0.1) is 0 Å². The smallest absolute Gasteiger partial charge is 0.309 e. The first-order valence-corrected chi connectivity index (χ1v) is 7.44. The summed E-state index contributed by atoms with van der Waals surface area (Å²) in [5.74, 6) is 0.168. The fraction of sp³-hybridized carbons (Fsp3) is 0.867. The van der Waals surface area contributed by atoms with Gasteiger partial charge in [-0.05, 0) is 31.6 Å². The van der Waals surface area contributed by atoms with Gasteiger partial charge in [0.05, 0.1) is 11.8 Å². The van der Waals surface area contributed by atoms with Gasteiger partial charge < -0.3 is 9.47 Å². The van der Waals surface area contributed by atoms with Gasteiger partial charge in [0, 0.05) is 12.8 Å². The van der Waals surface area contributed by atoms with Crippen LogP contribution in [0.3, 0.4) is 0 Å². The van der Waals surface area contributed by atoms with E-state index >= 15 is 0 Å². The molecular formula is C15H22O4. The zero-order valence-electron chi connectivity index (χ0n) is 11.7. The van der Waals surface area contributed by atoms with Gasteiger partial charge in [0.15, 0.2) is 0 Å². The molecule has 4 fully saturated rings. The van der Waals surface area contributed by atoms with E-state index in [9.17, 15) is 9.59 Å². The molecule has 0 aromatic carbocycles. The summed E-state index contributed by atoms with van der Waals surface area (Å²) in [5, 5.41) is 0. The summed E-state index contributed by atoms with van der Waals surface area (Å²) in [6, 6.07) is 0. The predicted molar refractivity (Wildman–Crippen MR) is 68.2 cm³/mol. The van der Waals surface area contributed by atoms with Crippen molar-refractivity contribution in [3.63, 3.8) is 0 Å². The highest BCUT2D eigenvalue weighted by atomic mass is 16.6. The number of hydrogen-bond acceptors (Lipinski definition) is 4. The molecule has 106 valence electrons. The largest absolute Gasteiger partial charge is 0.462 e. The monoisotopic (exact) mass is 266 g/mol. The molecule has 5 atom stereocenters. The fourth-order valence-electron chi connectivity index (χ4n) is 3.98. The van der Waals surface area contributed by atoms with Crippen molar-refractivity contribution in [2.75, 3.05) is 0 Å². The third-order valence-corrected chi connectivity index (χ3v) is 5.04. The number of esters is 2. The van der Waals surface area contributed by atoms with Crippen molar-refractivity contribution >= 4 is 11.9 Å². The molecule has 2 aliphatic heterocycles. The Morgan fingerprint density at radius 2 is 2.21 bits per heavy atom. The zero-order valence-corrected chi connectivity index (χ0v) is 11.7. The predicted octanol–water partition coefficient (Wildman–Crippen LogP) is 2.45. The van der Waals surface area contributed by atoms with Crippen molar-refractivity contribution in [1.29, 1.82) is 0 Å². The van der Waals surface area contributed by atoms with E-state index in [1.165, 1.54) is 0 Å². The molecule has 0 spiro atoms. The lowest BCUT2D eigenvalue weighted by molar-refractivity contribution is -0.178. The molecule has 2 aliphatic carbocycles. The Bertz CT molecular complexity index is 405. The molecule has 2 saturated heterocycles. The fourth-order valence-corrected chi connectivity index (χ4v) is 3.98. The second kappa shape index (κ2) is 4.50. The van der Waals surface area contributed by atoms with Crippen LogP contribution in [0.5, 0.6) is 0 Å². The standard InChI is InChI=1S/C15H22O4/c1-3-9(2)13(16)19-15-6-10-4-11(7-15)14(17)18-12(5-10)8-15/h9-12H,3-8H2,1-2H3. The quantitative estimate of drug-likeness (QED) is 0.736. The summed E-state index contributed by atoms with van der Waals surface area (Å²) in [4.78, 5) is 24.0. The van der Waals surface area contributed by atoms with Gasteiger partial charge in [0.1, 0.15) is 11.7 Å². The van der Waals surface area contributed by atoms with Crippen LogP contribution in [0.2, 0.25) is 0 Å².